The highest BCUT2D eigenvalue weighted by atomic mass is 15.1. The molecule has 0 saturated heterocycles. The molecule has 0 bridgehead atoms. The molecule has 0 aliphatic rings. The molecule has 0 saturated carbocycles. The lowest BCUT2D eigenvalue weighted by molar-refractivity contribution is 0.708. The van der Waals surface area contributed by atoms with Crippen molar-refractivity contribution in [1.82, 2.24) is 14.5 Å². The van der Waals surface area contributed by atoms with Gasteiger partial charge in [-0.3, -0.25) is 4.98 Å². The van der Waals surface area contributed by atoms with Gasteiger partial charge in [0.2, 0.25) is 0 Å². The highest BCUT2D eigenvalue weighted by Gasteiger charge is 2.04. The van der Waals surface area contributed by atoms with Crippen molar-refractivity contribution in [1.29, 1.82) is 0 Å². The van der Waals surface area contributed by atoms with Gasteiger partial charge in [0, 0.05) is 49.5 Å². The number of imidazole rings is 1. The molecule has 0 aliphatic carbocycles. The first-order valence-electron chi connectivity index (χ1n) is 6.02. The van der Waals surface area contributed by atoms with Crippen LogP contribution in [0.5, 0.6) is 0 Å². The van der Waals surface area contributed by atoms with E-state index in [1.807, 2.05) is 24.7 Å². The Hall–Kier alpha value is -1.84. The Balaban J connectivity index is 2.15. The number of nitrogens with one attached hydrogen (secondary N) is 1. The fraction of sp³-hybridized carbons (Fsp3) is 0.385. The predicted molar refractivity (Wildman–Crippen MR) is 69.1 cm³/mol. The van der Waals surface area contributed by atoms with Gasteiger partial charge in [-0.25, -0.2) is 4.98 Å². The zero-order valence-electron chi connectivity index (χ0n) is 10.3. The minimum Gasteiger partial charge on any atom is -0.385 e. The summed E-state index contributed by atoms with van der Waals surface area (Å²) in [5.41, 5.74) is 2.16. The van der Waals surface area contributed by atoms with Crippen molar-refractivity contribution in [2.75, 3.05) is 11.9 Å². The molecule has 2 rings (SSSR count). The third kappa shape index (κ3) is 2.84. The zero-order chi connectivity index (χ0) is 12.1. The van der Waals surface area contributed by atoms with Crippen LogP contribution in [0.2, 0.25) is 0 Å². The standard InChI is InChI=1S/C13H18N4/c1-3-14-11-5-6-15-12(9-11)10-13-16-7-8-17(13)4-2/h5-9H,3-4,10H2,1-2H3,(H,14,15). The van der Waals surface area contributed by atoms with Crippen LogP contribution in [0.1, 0.15) is 25.4 Å². The Morgan fingerprint density at radius 3 is 2.88 bits per heavy atom. The quantitative estimate of drug-likeness (QED) is 0.857. The molecule has 0 atom stereocenters. The van der Waals surface area contributed by atoms with Gasteiger partial charge in [0.05, 0.1) is 0 Å². The molecule has 17 heavy (non-hydrogen) atoms. The number of pyridine rings is 1. The Kier molecular flexibility index (Phi) is 3.75. The molecule has 0 fully saturated rings. The monoisotopic (exact) mass is 230 g/mol. The molecule has 4 heteroatoms. The van der Waals surface area contributed by atoms with Crippen LogP contribution in [-0.2, 0) is 13.0 Å². The average Bonchev–Trinajstić information content (AvgIpc) is 2.77. The number of anilines is 1. The molecule has 2 aromatic rings. The third-order valence-corrected chi connectivity index (χ3v) is 2.68. The van der Waals surface area contributed by atoms with Crippen molar-refractivity contribution in [2.24, 2.45) is 0 Å². The summed E-state index contributed by atoms with van der Waals surface area (Å²) >= 11 is 0. The van der Waals surface area contributed by atoms with E-state index in [4.69, 9.17) is 0 Å². The molecule has 0 aromatic carbocycles. The normalized spacial score (nSPS) is 10.5. The summed E-state index contributed by atoms with van der Waals surface area (Å²) < 4.78 is 2.14. The van der Waals surface area contributed by atoms with E-state index in [2.05, 4.69) is 39.8 Å². The highest BCUT2D eigenvalue weighted by molar-refractivity contribution is 5.43. The Morgan fingerprint density at radius 1 is 1.24 bits per heavy atom. The SMILES string of the molecule is CCNc1ccnc(Cc2nccn2CC)c1. The Morgan fingerprint density at radius 2 is 2.12 bits per heavy atom. The molecule has 0 aliphatic heterocycles. The highest BCUT2D eigenvalue weighted by Crippen LogP contribution is 2.11. The van der Waals surface area contributed by atoms with Crippen LogP contribution in [-0.4, -0.2) is 21.1 Å². The number of aromatic nitrogens is 3. The summed E-state index contributed by atoms with van der Waals surface area (Å²) in [7, 11) is 0. The third-order valence-electron chi connectivity index (χ3n) is 2.68. The second-order valence-electron chi connectivity index (χ2n) is 3.87. The molecule has 90 valence electrons. The summed E-state index contributed by atoms with van der Waals surface area (Å²) in [6.45, 7) is 6.08. The van der Waals surface area contributed by atoms with Crippen molar-refractivity contribution in [3.05, 3.63) is 42.2 Å². The molecule has 2 aromatic heterocycles. The van der Waals surface area contributed by atoms with Crippen LogP contribution < -0.4 is 5.32 Å². The number of hydrogen-bond acceptors (Lipinski definition) is 3. The van der Waals surface area contributed by atoms with E-state index >= 15 is 0 Å². The molecule has 1 N–H and O–H groups in total. The molecule has 0 radical (unpaired) electrons. The largest absolute Gasteiger partial charge is 0.385 e. The van der Waals surface area contributed by atoms with E-state index in [0.29, 0.717) is 0 Å². The van der Waals surface area contributed by atoms with Crippen LogP contribution in [0.4, 0.5) is 5.69 Å². The topological polar surface area (TPSA) is 42.7 Å². The first-order valence-corrected chi connectivity index (χ1v) is 6.02. The average molecular weight is 230 g/mol. The molecule has 2 heterocycles. The molecule has 4 nitrogen and oxygen atoms in total. The molecular formula is C13H18N4. The summed E-state index contributed by atoms with van der Waals surface area (Å²) in [6.07, 6.45) is 6.46. The minimum atomic E-state index is 0.778. The van der Waals surface area contributed by atoms with E-state index in [1.54, 1.807) is 0 Å². The fourth-order valence-corrected chi connectivity index (χ4v) is 1.85. The minimum absolute atomic E-state index is 0.778. The second-order valence-corrected chi connectivity index (χ2v) is 3.87. The fourth-order valence-electron chi connectivity index (χ4n) is 1.85. The van der Waals surface area contributed by atoms with Crippen LogP contribution in [0.15, 0.2) is 30.7 Å². The first-order chi connectivity index (χ1) is 8.33. The van der Waals surface area contributed by atoms with E-state index in [1.165, 1.54) is 0 Å². The summed E-state index contributed by atoms with van der Waals surface area (Å²) in [6, 6.07) is 4.07. The summed E-state index contributed by atoms with van der Waals surface area (Å²) in [4.78, 5) is 8.74. The van der Waals surface area contributed by atoms with Gasteiger partial charge in [-0.2, -0.15) is 0 Å². The number of hydrogen-bond donors (Lipinski definition) is 1. The molecular weight excluding hydrogens is 212 g/mol. The van der Waals surface area contributed by atoms with E-state index in [9.17, 15) is 0 Å². The van der Waals surface area contributed by atoms with Gasteiger partial charge in [-0.1, -0.05) is 0 Å². The lowest BCUT2D eigenvalue weighted by Crippen LogP contribution is -2.04. The lowest BCUT2D eigenvalue weighted by atomic mass is 10.2. The van der Waals surface area contributed by atoms with Gasteiger partial charge in [0.1, 0.15) is 5.82 Å². The number of aryl methyl sites for hydroxylation is 1. The van der Waals surface area contributed by atoms with Crippen LogP contribution >= 0.6 is 0 Å². The summed E-state index contributed by atoms with van der Waals surface area (Å²) in [5, 5.41) is 3.29. The number of nitrogens with zero attached hydrogens (tertiary/aromatic N) is 3. The van der Waals surface area contributed by atoms with E-state index < -0.39 is 0 Å². The van der Waals surface area contributed by atoms with Gasteiger partial charge in [-0.15, -0.1) is 0 Å². The van der Waals surface area contributed by atoms with Gasteiger partial charge in [0.15, 0.2) is 0 Å². The maximum Gasteiger partial charge on any atom is 0.114 e. The van der Waals surface area contributed by atoms with Gasteiger partial charge in [-0.05, 0) is 26.0 Å². The van der Waals surface area contributed by atoms with Crippen molar-refractivity contribution in [3.8, 4) is 0 Å². The second kappa shape index (κ2) is 5.48. The Labute approximate surface area is 102 Å². The predicted octanol–water partition coefficient (Wildman–Crippen LogP) is 2.32. The van der Waals surface area contributed by atoms with Crippen molar-refractivity contribution in [2.45, 2.75) is 26.8 Å². The zero-order valence-corrected chi connectivity index (χ0v) is 10.3. The maximum atomic E-state index is 4.38. The van der Waals surface area contributed by atoms with E-state index in [-0.39, 0.29) is 0 Å². The van der Waals surface area contributed by atoms with Gasteiger partial charge in [0.25, 0.3) is 0 Å². The van der Waals surface area contributed by atoms with Crippen molar-refractivity contribution < 1.29 is 0 Å². The summed E-state index contributed by atoms with van der Waals surface area (Å²) in [5.74, 6) is 1.06. The lowest BCUT2D eigenvalue weighted by Gasteiger charge is -2.07. The molecule has 0 unspecified atom stereocenters. The van der Waals surface area contributed by atoms with Crippen molar-refractivity contribution >= 4 is 5.69 Å². The first kappa shape index (κ1) is 11.6. The van der Waals surface area contributed by atoms with Gasteiger partial charge >= 0.3 is 0 Å². The van der Waals surface area contributed by atoms with Crippen LogP contribution in [0, 0.1) is 0 Å². The van der Waals surface area contributed by atoms with Crippen LogP contribution in [0.3, 0.4) is 0 Å². The maximum absolute atomic E-state index is 4.38. The molecule has 0 amide bonds. The van der Waals surface area contributed by atoms with Crippen LogP contribution in [0.25, 0.3) is 0 Å². The Bertz CT molecular complexity index is 476. The smallest absolute Gasteiger partial charge is 0.114 e. The number of rotatable bonds is 5. The molecule has 0 spiro atoms. The van der Waals surface area contributed by atoms with Gasteiger partial charge < -0.3 is 9.88 Å². The van der Waals surface area contributed by atoms with E-state index in [0.717, 1.165) is 36.7 Å². The van der Waals surface area contributed by atoms with Crippen molar-refractivity contribution in [3.63, 3.8) is 0 Å².